The van der Waals surface area contributed by atoms with Crippen molar-refractivity contribution in [2.45, 2.75) is 62.8 Å². The number of para-hydroxylation sites is 1. The van der Waals surface area contributed by atoms with Gasteiger partial charge in [-0.2, -0.15) is 0 Å². The summed E-state index contributed by atoms with van der Waals surface area (Å²) in [6.45, 7) is 4.02. The van der Waals surface area contributed by atoms with Gasteiger partial charge in [0, 0.05) is 44.2 Å². The molecule has 3 aliphatic rings. The summed E-state index contributed by atoms with van der Waals surface area (Å²) >= 11 is 0. The molecule has 0 unspecified atom stereocenters. The zero-order chi connectivity index (χ0) is 23.9. The standard InChI is InChI=1S/C26H31N3O4S/c1-19-17-20-7-3-4-8-24(20)29(19)34(32,33)22-9-10-23-21(18-22)13-16-28(23)26(31)12-11-25(30)27-14-5-2-6-15-27/h3-4,7-10,18-19H,2,5-6,11-17H2,1H3/t19-/m1/s1. The summed E-state index contributed by atoms with van der Waals surface area (Å²) < 4.78 is 28.6. The van der Waals surface area contributed by atoms with E-state index in [1.165, 1.54) is 4.31 Å². The molecule has 0 bridgehead atoms. The summed E-state index contributed by atoms with van der Waals surface area (Å²) in [5, 5.41) is 0. The van der Waals surface area contributed by atoms with E-state index in [0.29, 0.717) is 19.4 Å². The van der Waals surface area contributed by atoms with Crippen molar-refractivity contribution in [3.05, 3.63) is 53.6 Å². The molecule has 3 aliphatic heterocycles. The van der Waals surface area contributed by atoms with Crippen molar-refractivity contribution in [3.63, 3.8) is 0 Å². The number of fused-ring (bicyclic) bond motifs is 2. The predicted octanol–water partition coefficient (Wildman–Crippen LogP) is 3.51. The van der Waals surface area contributed by atoms with Gasteiger partial charge in [-0.05, 0) is 74.4 Å². The molecule has 2 aromatic carbocycles. The van der Waals surface area contributed by atoms with E-state index in [2.05, 4.69) is 0 Å². The molecular formula is C26H31N3O4S. The maximum atomic E-state index is 13.6. The van der Waals surface area contributed by atoms with Gasteiger partial charge in [0.25, 0.3) is 10.0 Å². The van der Waals surface area contributed by atoms with Gasteiger partial charge in [-0.15, -0.1) is 0 Å². The zero-order valence-electron chi connectivity index (χ0n) is 19.6. The van der Waals surface area contributed by atoms with Gasteiger partial charge in [0.1, 0.15) is 0 Å². The van der Waals surface area contributed by atoms with Gasteiger partial charge in [-0.1, -0.05) is 18.2 Å². The van der Waals surface area contributed by atoms with Crippen molar-refractivity contribution in [3.8, 4) is 0 Å². The van der Waals surface area contributed by atoms with E-state index in [1.54, 1.807) is 23.1 Å². The quantitative estimate of drug-likeness (QED) is 0.655. The van der Waals surface area contributed by atoms with Crippen LogP contribution in [0.25, 0.3) is 0 Å². The Morgan fingerprint density at radius 3 is 2.41 bits per heavy atom. The molecule has 1 fully saturated rings. The maximum absolute atomic E-state index is 13.6. The Labute approximate surface area is 201 Å². The van der Waals surface area contributed by atoms with Gasteiger partial charge in [0.2, 0.25) is 11.8 Å². The fourth-order valence-corrected chi connectivity index (χ4v) is 7.21. The largest absolute Gasteiger partial charge is 0.343 e. The average Bonchev–Trinajstić information content (AvgIpc) is 3.42. The van der Waals surface area contributed by atoms with Gasteiger partial charge in [0.05, 0.1) is 10.6 Å². The minimum Gasteiger partial charge on any atom is -0.343 e. The van der Waals surface area contributed by atoms with E-state index in [0.717, 1.165) is 54.9 Å². The van der Waals surface area contributed by atoms with E-state index in [9.17, 15) is 18.0 Å². The fraction of sp³-hybridized carbons (Fsp3) is 0.462. The molecule has 1 saturated heterocycles. The number of hydrogen-bond acceptors (Lipinski definition) is 4. The second-order valence-electron chi connectivity index (χ2n) is 9.51. The third kappa shape index (κ3) is 4.08. The lowest BCUT2D eigenvalue weighted by Gasteiger charge is -2.27. The van der Waals surface area contributed by atoms with Crippen molar-refractivity contribution in [1.82, 2.24) is 4.90 Å². The molecule has 0 aromatic heterocycles. The van der Waals surface area contributed by atoms with Crippen molar-refractivity contribution in [2.75, 3.05) is 28.8 Å². The Morgan fingerprint density at radius 1 is 0.882 bits per heavy atom. The number of piperidine rings is 1. The summed E-state index contributed by atoms with van der Waals surface area (Å²) in [5.74, 6) is -0.0317. The third-order valence-corrected chi connectivity index (χ3v) is 9.13. The number of carbonyl (C=O) groups excluding carboxylic acids is 2. The maximum Gasteiger partial charge on any atom is 0.264 e. The van der Waals surface area contributed by atoms with Crippen LogP contribution in [0.1, 0.15) is 50.2 Å². The molecule has 8 heteroatoms. The van der Waals surface area contributed by atoms with Crippen LogP contribution in [0.15, 0.2) is 47.4 Å². The van der Waals surface area contributed by atoms with Gasteiger partial charge in [-0.25, -0.2) is 8.42 Å². The smallest absolute Gasteiger partial charge is 0.264 e. The number of hydrogen-bond donors (Lipinski definition) is 0. The Morgan fingerprint density at radius 2 is 1.62 bits per heavy atom. The Hall–Kier alpha value is -2.87. The number of nitrogens with zero attached hydrogens (tertiary/aromatic N) is 3. The van der Waals surface area contributed by atoms with Gasteiger partial charge in [-0.3, -0.25) is 13.9 Å². The number of rotatable bonds is 5. The molecule has 0 radical (unpaired) electrons. The lowest BCUT2D eigenvalue weighted by Crippen LogP contribution is -2.37. The van der Waals surface area contributed by atoms with Crippen LogP contribution in [0.3, 0.4) is 0 Å². The highest BCUT2D eigenvalue weighted by molar-refractivity contribution is 7.92. The summed E-state index contributed by atoms with van der Waals surface area (Å²) in [7, 11) is -3.71. The first kappa shape index (κ1) is 22.9. The summed E-state index contributed by atoms with van der Waals surface area (Å²) in [5.41, 5.74) is 3.39. The fourth-order valence-electron chi connectivity index (χ4n) is 5.46. The Kier molecular flexibility index (Phi) is 6.10. The van der Waals surface area contributed by atoms with Gasteiger partial charge < -0.3 is 9.80 Å². The number of carbonyl (C=O) groups is 2. The molecule has 180 valence electrons. The molecular weight excluding hydrogens is 450 g/mol. The zero-order valence-corrected chi connectivity index (χ0v) is 20.4. The van der Waals surface area contributed by atoms with Crippen molar-refractivity contribution in [1.29, 1.82) is 0 Å². The second kappa shape index (κ2) is 9.06. The van der Waals surface area contributed by atoms with Crippen LogP contribution >= 0.6 is 0 Å². The summed E-state index contributed by atoms with van der Waals surface area (Å²) in [4.78, 5) is 29.2. The Balaban J connectivity index is 1.30. The number of likely N-dealkylation sites (tertiary alicyclic amines) is 1. The molecule has 0 spiro atoms. The minimum atomic E-state index is -3.71. The van der Waals surface area contributed by atoms with Gasteiger partial charge >= 0.3 is 0 Å². The first-order valence-corrected chi connectivity index (χ1v) is 13.6. The number of amides is 2. The average molecular weight is 482 g/mol. The number of sulfonamides is 1. The summed E-state index contributed by atoms with van der Waals surface area (Å²) in [6, 6.07) is 12.5. The predicted molar refractivity (Wildman–Crippen MR) is 131 cm³/mol. The number of anilines is 2. The van der Waals surface area contributed by atoms with Gasteiger partial charge in [0.15, 0.2) is 0 Å². The van der Waals surface area contributed by atoms with Crippen LogP contribution in [0.4, 0.5) is 11.4 Å². The van der Waals surface area contributed by atoms with E-state index in [-0.39, 0.29) is 35.6 Å². The first-order chi connectivity index (χ1) is 16.4. The molecule has 0 N–H and O–H groups in total. The van der Waals surface area contributed by atoms with E-state index in [1.807, 2.05) is 36.1 Å². The Bertz CT molecular complexity index is 1220. The molecule has 0 saturated carbocycles. The van der Waals surface area contributed by atoms with Crippen molar-refractivity contribution >= 4 is 33.2 Å². The van der Waals surface area contributed by atoms with Crippen LogP contribution in [-0.4, -0.2) is 50.8 Å². The van der Waals surface area contributed by atoms with E-state index < -0.39 is 10.0 Å². The van der Waals surface area contributed by atoms with E-state index in [4.69, 9.17) is 0 Å². The summed E-state index contributed by atoms with van der Waals surface area (Å²) in [6.07, 6.45) is 4.93. The molecule has 3 heterocycles. The molecule has 7 nitrogen and oxygen atoms in total. The van der Waals surface area contributed by atoms with Crippen LogP contribution < -0.4 is 9.21 Å². The molecule has 1 atom stereocenters. The molecule has 0 aliphatic carbocycles. The normalized spacial score (nSPS) is 19.8. The lowest BCUT2D eigenvalue weighted by atomic mass is 10.1. The first-order valence-electron chi connectivity index (χ1n) is 12.2. The van der Waals surface area contributed by atoms with Crippen molar-refractivity contribution < 1.29 is 18.0 Å². The van der Waals surface area contributed by atoms with Crippen molar-refractivity contribution in [2.24, 2.45) is 0 Å². The topological polar surface area (TPSA) is 78.0 Å². The van der Waals surface area contributed by atoms with Crippen LogP contribution in [0, 0.1) is 0 Å². The molecule has 34 heavy (non-hydrogen) atoms. The monoisotopic (exact) mass is 481 g/mol. The molecule has 2 aromatic rings. The molecule has 2 amide bonds. The highest BCUT2D eigenvalue weighted by Crippen LogP contribution is 2.38. The lowest BCUT2D eigenvalue weighted by molar-refractivity contribution is -0.133. The number of benzene rings is 2. The third-order valence-electron chi connectivity index (χ3n) is 7.21. The minimum absolute atomic E-state index is 0.0499. The van der Waals surface area contributed by atoms with Crippen LogP contribution in [0.5, 0.6) is 0 Å². The SMILES string of the molecule is C[C@@H]1Cc2ccccc2N1S(=O)(=O)c1ccc2c(c1)CCN2C(=O)CCC(=O)N1CCCCC1. The second-order valence-corrected chi connectivity index (χ2v) is 11.3. The van der Waals surface area contributed by atoms with Crippen LogP contribution in [-0.2, 0) is 32.5 Å². The van der Waals surface area contributed by atoms with Crippen LogP contribution in [0.2, 0.25) is 0 Å². The highest BCUT2D eigenvalue weighted by Gasteiger charge is 2.37. The van der Waals surface area contributed by atoms with E-state index >= 15 is 0 Å². The highest BCUT2D eigenvalue weighted by atomic mass is 32.2. The molecule has 5 rings (SSSR count).